The number of para-hydroxylation sites is 1. The lowest BCUT2D eigenvalue weighted by atomic mass is 9.67. The highest BCUT2D eigenvalue weighted by molar-refractivity contribution is 14.1. The first-order valence-corrected chi connectivity index (χ1v) is 17.3. The van der Waals surface area contributed by atoms with E-state index in [9.17, 15) is 24.9 Å². The van der Waals surface area contributed by atoms with Gasteiger partial charge >= 0.3 is 0 Å². The largest absolute Gasteiger partial charge is 0.504 e. The van der Waals surface area contributed by atoms with Gasteiger partial charge in [0.15, 0.2) is 11.5 Å². The molecule has 4 atom stereocenters. The SMILES string of the molecule is CCC/C(=C\c1cc(I)c(O)c(OC)c1)CC[C@@H](O)C1=C(CC)C[C@H]2C(=O)N(c3ccc(Nc4ccccc4)cc3)C(=O)[C@H]2[C@H]1CO. The number of aliphatic hydroxyl groups excluding tert-OH is 2. The van der Waals surface area contributed by atoms with E-state index in [1.807, 2.05) is 55.5 Å². The number of aromatic hydroxyl groups is 1. The van der Waals surface area contributed by atoms with Gasteiger partial charge in [-0.3, -0.25) is 14.5 Å². The molecule has 5 rings (SSSR count). The van der Waals surface area contributed by atoms with Crippen LogP contribution in [0.1, 0.15) is 57.9 Å². The predicted molar refractivity (Wildman–Crippen MR) is 194 cm³/mol. The normalized spacial score (nSPS) is 20.4. The first-order chi connectivity index (χ1) is 22.7. The highest BCUT2D eigenvalue weighted by Crippen LogP contribution is 2.48. The Kier molecular flexibility index (Phi) is 11.4. The van der Waals surface area contributed by atoms with Gasteiger partial charge in [-0.1, -0.05) is 55.7 Å². The van der Waals surface area contributed by atoms with Gasteiger partial charge in [-0.2, -0.15) is 0 Å². The third-order valence-electron chi connectivity index (χ3n) is 9.31. The van der Waals surface area contributed by atoms with Crippen molar-refractivity contribution in [3.63, 3.8) is 0 Å². The summed E-state index contributed by atoms with van der Waals surface area (Å²) >= 11 is 2.08. The van der Waals surface area contributed by atoms with Gasteiger partial charge in [-0.05, 0) is 114 Å². The number of hydrogen-bond donors (Lipinski definition) is 4. The van der Waals surface area contributed by atoms with Crippen LogP contribution < -0.4 is 15.0 Å². The molecule has 0 bridgehead atoms. The quantitative estimate of drug-likeness (QED) is 0.0808. The number of anilines is 3. The third kappa shape index (κ3) is 7.42. The molecule has 9 heteroatoms. The zero-order chi connectivity index (χ0) is 33.7. The van der Waals surface area contributed by atoms with Gasteiger partial charge in [-0.25, -0.2) is 0 Å². The number of nitrogens with zero attached hydrogens (tertiary/aromatic N) is 1. The fourth-order valence-electron chi connectivity index (χ4n) is 7.07. The van der Waals surface area contributed by atoms with E-state index in [4.69, 9.17) is 4.74 Å². The number of hydrogen-bond acceptors (Lipinski definition) is 7. The molecule has 0 unspecified atom stereocenters. The van der Waals surface area contributed by atoms with E-state index in [0.717, 1.165) is 40.9 Å². The molecule has 2 aliphatic rings. The van der Waals surface area contributed by atoms with Crippen LogP contribution in [0.25, 0.3) is 6.08 Å². The number of phenols is 1. The van der Waals surface area contributed by atoms with E-state index in [-0.39, 0.29) is 24.2 Å². The highest BCUT2D eigenvalue weighted by atomic mass is 127. The number of aliphatic hydroxyl groups is 2. The van der Waals surface area contributed by atoms with E-state index in [1.165, 1.54) is 12.0 Å². The van der Waals surface area contributed by atoms with Crippen molar-refractivity contribution in [3.8, 4) is 11.5 Å². The van der Waals surface area contributed by atoms with Crippen molar-refractivity contribution in [1.29, 1.82) is 0 Å². The van der Waals surface area contributed by atoms with Gasteiger partial charge in [0.25, 0.3) is 0 Å². The highest BCUT2D eigenvalue weighted by Gasteiger charge is 2.55. The standard InChI is InChI=1S/C38H43IN2O6/c1-4-9-23(18-24-19-31(39)36(44)33(20-24)47-3)12-17-32(43)34-25(5-2)21-29-35(30(34)22-42)38(46)41(37(29)45)28-15-13-27(14-16-28)40-26-10-7-6-8-11-26/h6-8,10-11,13-16,18-20,29-30,32,35,40,42-44H,4-5,9,12,17,21-22H2,1-3H3/b23-18+/t29-,30+,32-,35-/m1/s1. The number of benzene rings is 3. The maximum absolute atomic E-state index is 14.0. The van der Waals surface area contributed by atoms with Crippen LogP contribution in [0.5, 0.6) is 11.5 Å². The molecule has 0 spiro atoms. The summed E-state index contributed by atoms with van der Waals surface area (Å²) in [5.74, 6) is -2.01. The van der Waals surface area contributed by atoms with Gasteiger partial charge in [0.2, 0.25) is 11.8 Å². The molecule has 1 fully saturated rings. The van der Waals surface area contributed by atoms with Crippen LogP contribution in [-0.4, -0.2) is 47.0 Å². The number of nitrogens with one attached hydrogen (secondary N) is 1. The Labute approximate surface area is 290 Å². The first kappa shape index (κ1) is 34.7. The molecule has 3 aromatic carbocycles. The second-order valence-corrected chi connectivity index (χ2v) is 13.4. The minimum atomic E-state index is -0.863. The van der Waals surface area contributed by atoms with Gasteiger partial charge in [-0.15, -0.1) is 0 Å². The second kappa shape index (κ2) is 15.5. The molecule has 3 aromatic rings. The maximum atomic E-state index is 14.0. The van der Waals surface area contributed by atoms with Crippen molar-refractivity contribution in [1.82, 2.24) is 0 Å². The number of carbonyl (C=O) groups is 2. The topological polar surface area (TPSA) is 119 Å². The van der Waals surface area contributed by atoms with Crippen LogP contribution in [0, 0.1) is 21.3 Å². The molecule has 1 heterocycles. The number of imide groups is 1. The molecule has 8 nitrogen and oxygen atoms in total. The fraction of sp³-hybridized carbons (Fsp3) is 0.368. The van der Waals surface area contributed by atoms with Crippen LogP contribution >= 0.6 is 22.6 Å². The Morgan fingerprint density at radius 3 is 2.38 bits per heavy atom. The molecule has 0 saturated carbocycles. The van der Waals surface area contributed by atoms with Gasteiger partial charge < -0.3 is 25.4 Å². The Bertz CT molecular complexity index is 1650. The van der Waals surface area contributed by atoms with Crippen molar-refractivity contribution >= 4 is 57.5 Å². The van der Waals surface area contributed by atoms with E-state index in [0.29, 0.717) is 46.3 Å². The lowest BCUT2D eigenvalue weighted by molar-refractivity contribution is -0.123. The van der Waals surface area contributed by atoms with Crippen molar-refractivity contribution in [2.45, 2.75) is 58.5 Å². The number of fused-ring (bicyclic) bond motifs is 1. The maximum Gasteiger partial charge on any atom is 0.238 e. The summed E-state index contributed by atoms with van der Waals surface area (Å²) in [4.78, 5) is 29.0. The molecule has 47 heavy (non-hydrogen) atoms. The van der Waals surface area contributed by atoms with Crippen molar-refractivity contribution in [2.24, 2.45) is 17.8 Å². The first-order valence-electron chi connectivity index (χ1n) is 16.3. The number of allylic oxidation sites excluding steroid dienone is 2. The van der Waals surface area contributed by atoms with E-state index < -0.39 is 23.9 Å². The lowest BCUT2D eigenvalue weighted by Crippen LogP contribution is -2.39. The molecule has 2 amide bonds. The van der Waals surface area contributed by atoms with Crippen LogP contribution in [0.4, 0.5) is 17.1 Å². The molecule has 1 saturated heterocycles. The number of methoxy groups -OCH3 is 1. The van der Waals surface area contributed by atoms with Crippen LogP contribution in [0.15, 0.2) is 83.4 Å². The van der Waals surface area contributed by atoms with E-state index in [1.54, 1.807) is 18.2 Å². The number of phenolic OH excluding ortho intramolecular Hbond substituents is 1. The summed E-state index contributed by atoms with van der Waals surface area (Å²) in [7, 11) is 1.52. The van der Waals surface area contributed by atoms with E-state index >= 15 is 0 Å². The summed E-state index contributed by atoms with van der Waals surface area (Å²) in [5, 5.41) is 35.9. The number of carbonyl (C=O) groups excluding carboxylic acids is 2. The third-order valence-corrected chi connectivity index (χ3v) is 10.1. The van der Waals surface area contributed by atoms with Crippen LogP contribution in [0.3, 0.4) is 0 Å². The van der Waals surface area contributed by atoms with Crippen LogP contribution in [-0.2, 0) is 9.59 Å². The minimum absolute atomic E-state index is 0.109. The van der Waals surface area contributed by atoms with Gasteiger partial charge in [0.1, 0.15) is 0 Å². The van der Waals surface area contributed by atoms with E-state index in [2.05, 4.69) is 40.9 Å². The molecule has 0 radical (unpaired) electrons. The number of ether oxygens (including phenoxy) is 1. The van der Waals surface area contributed by atoms with Crippen molar-refractivity contribution < 1.29 is 29.6 Å². The Balaban J connectivity index is 1.35. The molecular weight excluding hydrogens is 707 g/mol. The van der Waals surface area contributed by atoms with Crippen molar-refractivity contribution in [3.05, 3.63) is 92.6 Å². The molecule has 1 aliphatic carbocycles. The summed E-state index contributed by atoms with van der Waals surface area (Å²) in [6.07, 6.45) is 5.03. The average molecular weight is 751 g/mol. The number of rotatable bonds is 13. The fourth-order valence-corrected chi connectivity index (χ4v) is 7.70. The second-order valence-electron chi connectivity index (χ2n) is 12.2. The summed E-state index contributed by atoms with van der Waals surface area (Å²) in [6, 6.07) is 20.7. The summed E-state index contributed by atoms with van der Waals surface area (Å²) in [5.41, 5.74) is 5.97. The van der Waals surface area contributed by atoms with Gasteiger partial charge in [0, 0.05) is 17.3 Å². The molecule has 4 N–H and O–H groups in total. The summed E-state index contributed by atoms with van der Waals surface area (Å²) in [6.45, 7) is 3.78. The average Bonchev–Trinajstić information content (AvgIpc) is 3.33. The predicted octanol–water partition coefficient (Wildman–Crippen LogP) is 7.60. The Morgan fingerprint density at radius 2 is 1.74 bits per heavy atom. The number of halogens is 1. The molecule has 0 aromatic heterocycles. The Hall–Kier alpha value is -3.67. The zero-order valence-corrected chi connectivity index (χ0v) is 29.2. The molecule has 1 aliphatic heterocycles. The Morgan fingerprint density at radius 1 is 1.04 bits per heavy atom. The minimum Gasteiger partial charge on any atom is -0.504 e. The molecular formula is C38H43IN2O6. The molecule has 248 valence electrons. The number of amides is 2. The lowest BCUT2D eigenvalue weighted by Gasteiger charge is -2.36. The van der Waals surface area contributed by atoms with Crippen molar-refractivity contribution in [2.75, 3.05) is 23.9 Å². The monoisotopic (exact) mass is 750 g/mol. The van der Waals surface area contributed by atoms with Gasteiger partial charge in [0.05, 0.1) is 40.9 Å². The van der Waals surface area contributed by atoms with Crippen LogP contribution in [0.2, 0.25) is 0 Å². The zero-order valence-electron chi connectivity index (χ0n) is 27.1. The smallest absolute Gasteiger partial charge is 0.238 e. The summed E-state index contributed by atoms with van der Waals surface area (Å²) < 4.78 is 6.02.